The Morgan fingerprint density at radius 2 is 2.00 bits per heavy atom. The van der Waals surface area contributed by atoms with E-state index in [0.717, 1.165) is 0 Å². The van der Waals surface area contributed by atoms with Gasteiger partial charge in [-0.2, -0.15) is 0 Å². The number of hydrogen-bond acceptors (Lipinski definition) is 1. The molecule has 0 bridgehead atoms. The molecule has 0 aliphatic heterocycles. The number of aliphatic hydroxyl groups excluding tert-OH is 1. The van der Waals surface area contributed by atoms with Crippen LogP contribution in [0.4, 0.5) is 0 Å². The first-order chi connectivity index (χ1) is 2.81. The fourth-order valence-electron chi connectivity index (χ4n) is 0.167. The molecule has 1 radical (unpaired) electrons. The van der Waals surface area contributed by atoms with Crippen LogP contribution in [0, 0.1) is 6.42 Å². The van der Waals surface area contributed by atoms with Crippen LogP contribution < -0.4 is 0 Å². The van der Waals surface area contributed by atoms with Crippen molar-refractivity contribution < 1.29 is 5.11 Å². The maximum atomic E-state index is 8.47. The van der Waals surface area contributed by atoms with Crippen LogP contribution in [0.2, 0.25) is 0 Å². The number of aliphatic hydroxyl groups is 1. The Kier molecular flexibility index (Phi) is 2.55. The van der Waals surface area contributed by atoms with E-state index in [1.165, 1.54) is 0 Å². The van der Waals surface area contributed by atoms with Crippen LogP contribution in [0.25, 0.3) is 0 Å². The quantitative estimate of drug-likeness (QED) is 0.480. The maximum absolute atomic E-state index is 8.47. The van der Waals surface area contributed by atoms with Gasteiger partial charge in [0, 0.05) is 6.42 Å². The fourth-order valence-corrected chi connectivity index (χ4v) is 0.167. The minimum absolute atomic E-state index is 0.343. The third-order valence-electron chi connectivity index (χ3n) is 0.592. The first-order valence-electron chi connectivity index (χ1n) is 1.96. The second-order valence-corrected chi connectivity index (χ2v) is 1.00. The Labute approximate surface area is 38.3 Å². The zero-order valence-electron chi connectivity index (χ0n) is 4.10. The lowest BCUT2D eigenvalue weighted by molar-refractivity contribution is 0.420. The van der Waals surface area contributed by atoms with E-state index in [1.54, 1.807) is 26.3 Å². The summed E-state index contributed by atoms with van der Waals surface area (Å²) >= 11 is 0. The molecule has 6 heavy (non-hydrogen) atoms. The molecule has 0 saturated carbocycles. The summed E-state index contributed by atoms with van der Waals surface area (Å²) in [6, 6.07) is 0. The Balaban J connectivity index is 3.22. The molecule has 1 heteroatoms. The zero-order chi connectivity index (χ0) is 4.99. The minimum Gasteiger partial charge on any atom is -0.512 e. The summed E-state index contributed by atoms with van der Waals surface area (Å²) in [5.74, 6) is 0.343. The van der Waals surface area contributed by atoms with E-state index in [1.807, 2.05) is 0 Å². The van der Waals surface area contributed by atoms with Gasteiger partial charge in [0.2, 0.25) is 0 Å². The standard InChI is InChI=1S/C5H9O/c1-3-5(6)4-2/h3-4,6H,1-2H3/b5-3+. The number of allylic oxidation sites excluding steroid dienone is 2. The van der Waals surface area contributed by atoms with E-state index in [4.69, 9.17) is 5.11 Å². The first-order valence-corrected chi connectivity index (χ1v) is 1.96. The van der Waals surface area contributed by atoms with Gasteiger partial charge in [0.25, 0.3) is 0 Å². The Morgan fingerprint density at radius 1 is 1.50 bits per heavy atom. The van der Waals surface area contributed by atoms with Crippen molar-refractivity contribution in [2.24, 2.45) is 0 Å². The largest absolute Gasteiger partial charge is 0.512 e. The number of hydrogen-bond donors (Lipinski definition) is 1. The molecule has 0 heterocycles. The van der Waals surface area contributed by atoms with Gasteiger partial charge in [0.1, 0.15) is 0 Å². The lowest BCUT2D eigenvalue weighted by atomic mass is 10.4. The topological polar surface area (TPSA) is 20.2 Å². The van der Waals surface area contributed by atoms with E-state index in [0.29, 0.717) is 5.76 Å². The summed E-state index contributed by atoms with van der Waals surface area (Å²) in [4.78, 5) is 0. The maximum Gasteiger partial charge on any atom is 0.0915 e. The molecule has 0 rings (SSSR count). The van der Waals surface area contributed by atoms with E-state index < -0.39 is 0 Å². The van der Waals surface area contributed by atoms with Crippen LogP contribution in [0.15, 0.2) is 11.8 Å². The van der Waals surface area contributed by atoms with Crippen LogP contribution >= 0.6 is 0 Å². The summed E-state index contributed by atoms with van der Waals surface area (Å²) in [5, 5.41) is 8.47. The minimum atomic E-state index is 0.343. The van der Waals surface area contributed by atoms with Gasteiger partial charge in [-0.05, 0) is 13.0 Å². The van der Waals surface area contributed by atoms with E-state index in [-0.39, 0.29) is 0 Å². The van der Waals surface area contributed by atoms with E-state index in [2.05, 4.69) is 0 Å². The van der Waals surface area contributed by atoms with Gasteiger partial charge in [-0.25, -0.2) is 0 Å². The van der Waals surface area contributed by atoms with Gasteiger partial charge < -0.3 is 5.11 Å². The summed E-state index contributed by atoms with van der Waals surface area (Å²) in [6.07, 6.45) is 3.28. The molecular weight excluding hydrogens is 76.1 g/mol. The van der Waals surface area contributed by atoms with Gasteiger partial charge in [-0.3, -0.25) is 0 Å². The highest BCUT2D eigenvalue weighted by Gasteiger charge is 1.77. The average molecular weight is 85.1 g/mol. The Hall–Kier alpha value is -0.460. The lowest BCUT2D eigenvalue weighted by Gasteiger charge is -1.84. The second-order valence-electron chi connectivity index (χ2n) is 1.00. The molecule has 0 aliphatic rings. The van der Waals surface area contributed by atoms with Crippen molar-refractivity contribution in [1.82, 2.24) is 0 Å². The fraction of sp³-hybridized carbons (Fsp3) is 0.400. The van der Waals surface area contributed by atoms with Gasteiger partial charge in [0.15, 0.2) is 0 Å². The molecule has 0 aromatic carbocycles. The molecule has 35 valence electrons. The molecule has 0 unspecified atom stereocenters. The predicted molar refractivity (Wildman–Crippen MR) is 26.4 cm³/mol. The highest BCUT2D eigenvalue weighted by molar-refractivity contribution is 4.98. The van der Waals surface area contributed by atoms with Crippen LogP contribution in [0.1, 0.15) is 13.8 Å². The molecule has 0 fully saturated rings. The smallest absolute Gasteiger partial charge is 0.0915 e. The number of rotatable bonds is 1. The average Bonchev–Trinajstić information content (AvgIpc) is 1.65. The van der Waals surface area contributed by atoms with Crippen LogP contribution in [-0.2, 0) is 0 Å². The highest BCUT2D eigenvalue weighted by atomic mass is 16.3. The summed E-state index contributed by atoms with van der Waals surface area (Å²) < 4.78 is 0. The molecule has 0 aromatic rings. The van der Waals surface area contributed by atoms with Crippen molar-refractivity contribution >= 4 is 0 Å². The highest BCUT2D eigenvalue weighted by Crippen LogP contribution is 1.88. The molecule has 0 aliphatic carbocycles. The second kappa shape index (κ2) is 2.76. The van der Waals surface area contributed by atoms with Crippen molar-refractivity contribution in [1.29, 1.82) is 0 Å². The molecule has 0 spiro atoms. The van der Waals surface area contributed by atoms with Gasteiger partial charge in [-0.1, -0.05) is 6.92 Å². The molecule has 0 atom stereocenters. The summed E-state index contributed by atoms with van der Waals surface area (Å²) in [6.45, 7) is 3.57. The predicted octanol–water partition coefficient (Wildman–Crippen LogP) is 1.67. The first kappa shape index (κ1) is 5.54. The lowest BCUT2D eigenvalue weighted by Crippen LogP contribution is -1.71. The molecule has 0 amide bonds. The van der Waals surface area contributed by atoms with Crippen LogP contribution in [0.5, 0.6) is 0 Å². The normalized spacial score (nSPS) is 12.0. The van der Waals surface area contributed by atoms with Crippen molar-refractivity contribution in [2.45, 2.75) is 13.8 Å². The van der Waals surface area contributed by atoms with Gasteiger partial charge in [0.05, 0.1) is 5.76 Å². The molecule has 0 saturated heterocycles. The van der Waals surface area contributed by atoms with Crippen LogP contribution in [0.3, 0.4) is 0 Å². The molecule has 1 nitrogen and oxygen atoms in total. The van der Waals surface area contributed by atoms with Gasteiger partial charge in [-0.15, -0.1) is 0 Å². The summed E-state index contributed by atoms with van der Waals surface area (Å²) in [5.41, 5.74) is 0. The SMILES string of the molecule is C[CH]/C(O)=C\C. The van der Waals surface area contributed by atoms with Crippen molar-refractivity contribution in [2.75, 3.05) is 0 Å². The molecule has 1 N–H and O–H groups in total. The molecular formula is C5H9O. The van der Waals surface area contributed by atoms with Crippen molar-refractivity contribution in [3.05, 3.63) is 18.3 Å². The van der Waals surface area contributed by atoms with E-state index in [9.17, 15) is 0 Å². The Morgan fingerprint density at radius 3 is 2.00 bits per heavy atom. The van der Waals surface area contributed by atoms with Crippen molar-refractivity contribution in [3.63, 3.8) is 0 Å². The summed E-state index contributed by atoms with van der Waals surface area (Å²) in [7, 11) is 0. The van der Waals surface area contributed by atoms with E-state index >= 15 is 0 Å². The zero-order valence-corrected chi connectivity index (χ0v) is 4.10. The Bertz CT molecular complexity index is 55.0. The van der Waals surface area contributed by atoms with Crippen LogP contribution in [-0.4, -0.2) is 5.11 Å². The van der Waals surface area contributed by atoms with Gasteiger partial charge >= 0.3 is 0 Å². The van der Waals surface area contributed by atoms with Crippen molar-refractivity contribution in [3.8, 4) is 0 Å². The third kappa shape index (κ3) is 1.82. The monoisotopic (exact) mass is 85.1 g/mol. The molecule has 0 aromatic heterocycles. The third-order valence-corrected chi connectivity index (χ3v) is 0.592.